The lowest BCUT2D eigenvalue weighted by Gasteiger charge is -2.16. The molecule has 0 aliphatic heterocycles. The Balaban J connectivity index is 1.66. The number of halogens is 1. The van der Waals surface area contributed by atoms with Crippen molar-refractivity contribution in [1.82, 2.24) is 18.7 Å². The number of ether oxygens (including phenoxy) is 1. The van der Waals surface area contributed by atoms with Gasteiger partial charge >= 0.3 is 5.69 Å². The van der Waals surface area contributed by atoms with Gasteiger partial charge in [0, 0.05) is 11.6 Å². The van der Waals surface area contributed by atoms with Crippen LogP contribution in [0.25, 0.3) is 11.2 Å². The monoisotopic (exact) mass is 472 g/mol. The van der Waals surface area contributed by atoms with Crippen LogP contribution in [0.5, 0.6) is 5.75 Å². The van der Waals surface area contributed by atoms with Crippen LogP contribution in [-0.4, -0.2) is 36.5 Å². The Labute approximate surface area is 194 Å². The van der Waals surface area contributed by atoms with E-state index in [1.54, 1.807) is 47.2 Å². The quantitative estimate of drug-likeness (QED) is 0.380. The Morgan fingerprint density at radius 1 is 1.18 bits per heavy atom. The molecule has 0 aliphatic carbocycles. The molecule has 0 saturated heterocycles. The molecule has 0 bridgehead atoms. The smallest absolute Gasteiger partial charge is 0.332 e. The van der Waals surface area contributed by atoms with Crippen molar-refractivity contribution >= 4 is 22.8 Å². The summed E-state index contributed by atoms with van der Waals surface area (Å²) in [5, 5.41) is 11.1. The Kier molecular flexibility index (Phi) is 7.00. The minimum absolute atomic E-state index is 0.0911. The molecule has 0 radical (unpaired) electrons. The van der Waals surface area contributed by atoms with Crippen LogP contribution in [0.15, 0.2) is 63.0 Å². The van der Waals surface area contributed by atoms with E-state index >= 15 is 0 Å². The molecule has 0 fully saturated rings. The highest BCUT2D eigenvalue weighted by Gasteiger charge is 2.20. The van der Waals surface area contributed by atoms with E-state index in [-0.39, 0.29) is 18.7 Å². The zero-order chi connectivity index (χ0) is 23.4. The largest absolute Gasteiger partial charge is 0.491 e. The molecule has 4 rings (SSSR count). The molecule has 33 heavy (non-hydrogen) atoms. The standard InChI is InChI=1S/C23H25ClN4O5/c1-2-3-10-27-21-20(26(15-25-21)13-19-5-4-11-32-19)22(30)28(23(27)31)12-17(29)14-33-18-8-6-16(24)7-9-18/h4-9,11,15,17,29H,2-3,10,12-14H2,1H3. The summed E-state index contributed by atoms with van der Waals surface area (Å²) in [6, 6.07) is 10.3. The van der Waals surface area contributed by atoms with E-state index in [1.165, 1.54) is 10.9 Å². The first kappa shape index (κ1) is 22.9. The van der Waals surface area contributed by atoms with Crippen molar-refractivity contribution in [3.05, 3.63) is 80.6 Å². The molecule has 0 amide bonds. The van der Waals surface area contributed by atoms with Gasteiger partial charge in [-0.1, -0.05) is 24.9 Å². The molecule has 0 saturated carbocycles. The van der Waals surface area contributed by atoms with Crippen molar-refractivity contribution in [3.63, 3.8) is 0 Å². The zero-order valence-electron chi connectivity index (χ0n) is 18.2. The number of rotatable bonds is 10. The number of aryl methyl sites for hydroxylation is 1. The first-order chi connectivity index (χ1) is 16.0. The predicted molar refractivity (Wildman–Crippen MR) is 124 cm³/mol. The summed E-state index contributed by atoms with van der Waals surface area (Å²) in [5.74, 6) is 1.18. The minimum atomic E-state index is -1.08. The zero-order valence-corrected chi connectivity index (χ0v) is 18.9. The van der Waals surface area contributed by atoms with Crippen LogP contribution < -0.4 is 16.0 Å². The van der Waals surface area contributed by atoms with Crippen LogP contribution in [0.2, 0.25) is 5.02 Å². The molecule has 3 heterocycles. The molecule has 1 aromatic carbocycles. The molecule has 9 nitrogen and oxygen atoms in total. The molecule has 1 N–H and O–H groups in total. The summed E-state index contributed by atoms with van der Waals surface area (Å²) in [6.07, 6.45) is 3.63. The van der Waals surface area contributed by atoms with Gasteiger partial charge < -0.3 is 18.8 Å². The summed E-state index contributed by atoms with van der Waals surface area (Å²) in [7, 11) is 0. The van der Waals surface area contributed by atoms with Crippen LogP contribution in [0, 0.1) is 0 Å². The van der Waals surface area contributed by atoms with E-state index in [0.717, 1.165) is 17.4 Å². The number of furan rings is 1. The lowest BCUT2D eigenvalue weighted by atomic mass is 10.3. The molecule has 3 aromatic heterocycles. The Hall–Kier alpha value is -3.30. The molecular weight excluding hydrogens is 448 g/mol. The maximum absolute atomic E-state index is 13.3. The number of unbranched alkanes of at least 4 members (excludes halogenated alkanes) is 1. The number of benzene rings is 1. The molecule has 0 spiro atoms. The van der Waals surface area contributed by atoms with Gasteiger partial charge in [-0.05, 0) is 42.8 Å². The highest BCUT2D eigenvalue weighted by Crippen LogP contribution is 2.16. The normalized spacial score (nSPS) is 12.3. The second-order valence-corrected chi connectivity index (χ2v) is 8.18. The lowest BCUT2D eigenvalue weighted by molar-refractivity contribution is 0.0901. The number of hydrogen-bond donors (Lipinski definition) is 1. The van der Waals surface area contributed by atoms with Gasteiger partial charge in [0.2, 0.25) is 0 Å². The highest BCUT2D eigenvalue weighted by molar-refractivity contribution is 6.30. The summed E-state index contributed by atoms with van der Waals surface area (Å²) in [4.78, 5) is 30.8. The number of imidazole rings is 1. The molecule has 1 atom stereocenters. The van der Waals surface area contributed by atoms with Crippen molar-refractivity contribution in [2.24, 2.45) is 0 Å². The Morgan fingerprint density at radius 3 is 2.67 bits per heavy atom. The number of aromatic nitrogens is 4. The average molecular weight is 473 g/mol. The van der Waals surface area contributed by atoms with Crippen LogP contribution in [0.3, 0.4) is 0 Å². The van der Waals surface area contributed by atoms with Gasteiger partial charge in [-0.2, -0.15) is 0 Å². The van der Waals surface area contributed by atoms with Gasteiger partial charge in [0.25, 0.3) is 5.56 Å². The van der Waals surface area contributed by atoms with Crippen LogP contribution in [0.4, 0.5) is 0 Å². The topological polar surface area (TPSA) is 104 Å². The third-order valence-electron chi connectivity index (χ3n) is 5.27. The number of hydrogen-bond acceptors (Lipinski definition) is 6. The fraction of sp³-hybridized carbons (Fsp3) is 0.348. The van der Waals surface area contributed by atoms with E-state index in [1.807, 2.05) is 6.92 Å². The van der Waals surface area contributed by atoms with Crippen molar-refractivity contribution in [3.8, 4) is 5.75 Å². The summed E-state index contributed by atoms with van der Waals surface area (Å²) < 4.78 is 15.2. The third kappa shape index (κ3) is 5.04. The summed E-state index contributed by atoms with van der Waals surface area (Å²) >= 11 is 5.87. The van der Waals surface area contributed by atoms with Crippen molar-refractivity contribution in [2.75, 3.05) is 6.61 Å². The Bertz CT molecular complexity index is 1320. The predicted octanol–water partition coefficient (Wildman–Crippen LogP) is 2.89. The summed E-state index contributed by atoms with van der Waals surface area (Å²) in [6.45, 7) is 2.44. The SMILES string of the molecule is CCCCn1c(=O)n(CC(O)COc2ccc(Cl)cc2)c(=O)c2c1ncn2Cc1ccco1. The first-order valence-corrected chi connectivity index (χ1v) is 11.1. The fourth-order valence-electron chi connectivity index (χ4n) is 3.59. The van der Waals surface area contributed by atoms with Gasteiger partial charge in [-0.15, -0.1) is 0 Å². The highest BCUT2D eigenvalue weighted by atomic mass is 35.5. The van der Waals surface area contributed by atoms with Crippen LogP contribution >= 0.6 is 11.6 Å². The number of aliphatic hydroxyl groups is 1. The number of nitrogens with zero attached hydrogens (tertiary/aromatic N) is 4. The van der Waals surface area contributed by atoms with E-state index in [2.05, 4.69) is 4.98 Å². The molecule has 1 unspecified atom stereocenters. The second kappa shape index (κ2) is 10.1. The molecule has 4 aromatic rings. The van der Waals surface area contributed by atoms with E-state index in [4.69, 9.17) is 20.8 Å². The van der Waals surface area contributed by atoms with E-state index < -0.39 is 17.4 Å². The molecule has 0 aliphatic rings. The van der Waals surface area contributed by atoms with Gasteiger partial charge in [0.05, 0.1) is 25.7 Å². The average Bonchev–Trinajstić information content (AvgIpc) is 3.47. The fourth-order valence-corrected chi connectivity index (χ4v) is 3.72. The number of fused-ring (bicyclic) bond motifs is 1. The van der Waals surface area contributed by atoms with Crippen LogP contribution in [-0.2, 0) is 19.6 Å². The van der Waals surface area contributed by atoms with Crippen molar-refractivity contribution in [1.29, 1.82) is 0 Å². The number of aliphatic hydroxyl groups excluding tert-OH is 1. The second-order valence-electron chi connectivity index (χ2n) is 7.75. The maximum Gasteiger partial charge on any atom is 0.332 e. The van der Waals surface area contributed by atoms with Crippen LogP contribution in [0.1, 0.15) is 25.5 Å². The molecular formula is C23H25ClN4O5. The van der Waals surface area contributed by atoms with Gasteiger partial charge in [0.15, 0.2) is 11.2 Å². The van der Waals surface area contributed by atoms with Crippen molar-refractivity contribution in [2.45, 2.75) is 45.5 Å². The Morgan fingerprint density at radius 2 is 1.97 bits per heavy atom. The molecule has 10 heteroatoms. The van der Waals surface area contributed by atoms with Crippen molar-refractivity contribution < 1.29 is 14.3 Å². The van der Waals surface area contributed by atoms with E-state index in [0.29, 0.717) is 35.3 Å². The maximum atomic E-state index is 13.3. The lowest BCUT2D eigenvalue weighted by Crippen LogP contribution is -2.44. The first-order valence-electron chi connectivity index (χ1n) is 10.7. The molecule has 174 valence electrons. The minimum Gasteiger partial charge on any atom is -0.491 e. The van der Waals surface area contributed by atoms with Gasteiger partial charge in [-0.3, -0.25) is 13.9 Å². The van der Waals surface area contributed by atoms with Gasteiger partial charge in [-0.25, -0.2) is 9.78 Å². The van der Waals surface area contributed by atoms with Gasteiger partial charge in [0.1, 0.15) is 24.2 Å². The van der Waals surface area contributed by atoms with E-state index in [9.17, 15) is 14.7 Å². The third-order valence-corrected chi connectivity index (χ3v) is 5.53. The summed E-state index contributed by atoms with van der Waals surface area (Å²) in [5.41, 5.74) is -0.409.